The molecule has 0 aliphatic heterocycles. The van der Waals surface area contributed by atoms with E-state index in [1.807, 2.05) is 0 Å². The molecule has 0 spiro atoms. The molecule has 0 aliphatic rings. The average Bonchev–Trinajstić information content (AvgIpc) is 3.04. The molecule has 0 saturated carbocycles. The quantitative estimate of drug-likeness (QED) is 0.0411. The maximum atomic E-state index is 12.6. The molecule has 0 amide bonds. The standard InChI is InChI=1S/C42H80O4/c1-3-5-7-9-11-13-14-15-16-17-18-19-20-21-22-23-24-25-27-29-35-39-42(45)46-40(37-33-30-31-34-38-41(43)44)36-32-28-26-12-10-8-6-4-2/h15-16,40H,3-14,17-39H2,1-2H3,(H,43,44)/b16-15-. The van der Waals surface area contributed by atoms with E-state index in [9.17, 15) is 9.59 Å². The van der Waals surface area contributed by atoms with Gasteiger partial charge >= 0.3 is 11.9 Å². The van der Waals surface area contributed by atoms with Gasteiger partial charge in [-0.1, -0.05) is 174 Å². The largest absolute Gasteiger partial charge is 0.481 e. The van der Waals surface area contributed by atoms with Crippen molar-refractivity contribution in [1.29, 1.82) is 0 Å². The van der Waals surface area contributed by atoms with Crippen LogP contribution in [0.1, 0.15) is 239 Å². The summed E-state index contributed by atoms with van der Waals surface area (Å²) in [6, 6.07) is 0. The summed E-state index contributed by atoms with van der Waals surface area (Å²) in [6.45, 7) is 4.54. The molecular formula is C42H80O4. The van der Waals surface area contributed by atoms with Gasteiger partial charge in [0.2, 0.25) is 0 Å². The number of hydrogen-bond donors (Lipinski definition) is 1. The van der Waals surface area contributed by atoms with Crippen LogP contribution < -0.4 is 0 Å². The summed E-state index contributed by atoms with van der Waals surface area (Å²) in [4.78, 5) is 23.3. The van der Waals surface area contributed by atoms with Crippen molar-refractivity contribution in [2.45, 2.75) is 245 Å². The van der Waals surface area contributed by atoms with E-state index in [0.29, 0.717) is 6.42 Å². The Morgan fingerprint density at radius 2 is 0.783 bits per heavy atom. The monoisotopic (exact) mass is 649 g/mol. The number of ether oxygens (including phenoxy) is 1. The molecule has 4 heteroatoms. The Bertz CT molecular complexity index is 658. The second-order valence-corrected chi connectivity index (χ2v) is 14.2. The Balaban J connectivity index is 3.78. The number of aliphatic carboxylic acids is 1. The summed E-state index contributed by atoms with van der Waals surface area (Å²) >= 11 is 0. The molecule has 46 heavy (non-hydrogen) atoms. The third-order valence-electron chi connectivity index (χ3n) is 9.49. The lowest BCUT2D eigenvalue weighted by Gasteiger charge is -2.18. The topological polar surface area (TPSA) is 63.6 Å². The van der Waals surface area contributed by atoms with Crippen LogP contribution in [0.2, 0.25) is 0 Å². The van der Waals surface area contributed by atoms with Crippen LogP contribution in [-0.4, -0.2) is 23.1 Å². The lowest BCUT2D eigenvalue weighted by atomic mass is 10.0. The number of unbranched alkanes of at least 4 members (excludes halogenated alkanes) is 27. The first-order chi connectivity index (χ1) is 22.6. The zero-order chi connectivity index (χ0) is 33.6. The smallest absolute Gasteiger partial charge is 0.306 e. The van der Waals surface area contributed by atoms with Crippen LogP contribution in [-0.2, 0) is 14.3 Å². The van der Waals surface area contributed by atoms with Crippen LogP contribution in [0.15, 0.2) is 12.2 Å². The normalized spacial score (nSPS) is 12.2. The SMILES string of the molecule is CCCCCCCC/C=C\CCCCCCCCCCCCCC(=O)OC(CCCCCCCCCC)CCCCCCC(=O)O. The highest BCUT2D eigenvalue weighted by Gasteiger charge is 2.14. The number of carboxylic acids is 1. The molecule has 1 N–H and O–H groups in total. The number of carboxylic acid groups (broad SMARTS) is 1. The first-order valence-corrected chi connectivity index (χ1v) is 20.7. The van der Waals surface area contributed by atoms with Crippen molar-refractivity contribution < 1.29 is 19.4 Å². The maximum Gasteiger partial charge on any atom is 0.306 e. The van der Waals surface area contributed by atoms with E-state index in [4.69, 9.17) is 9.84 Å². The number of carbonyl (C=O) groups is 2. The van der Waals surface area contributed by atoms with Crippen LogP contribution in [0.25, 0.3) is 0 Å². The van der Waals surface area contributed by atoms with E-state index in [-0.39, 0.29) is 18.5 Å². The first kappa shape index (κ1) is 44.7. The van der Waals surface area contributed by atoms with Gasteiger partial charge in [0.15, 0.2) is 0 Å². The molecule has 4 nitrogen and oxygen atoms in total. The van der Waals surface area contributed by atoms with Crippen LogP contribution in [0, 0.1) is 0 Å². The summed E-state index contributed by atoms with van der Waals surface area (Å²) in [5.41, 5.74) is 0. The van der Waals surface area contributed by atoms with Crippen molar-refractivity contribution >= 4 is 11.9 Å². The summed E-state index contributed by atoms with van der Waals surface area (Å²) in [5.74, 6) is -0.719. The molecule has 0 aromatic carbocycles. The van der Waals surface area contributed by atoms with Gasteiger partial charge in [-0.05, 0) is 64.2 Å². The van der Waals surface area contributed by atoms with Gasteiger partial charge in [-0.25, -0.2) is 0 Å². The third kappa shape index (κ3) is 37.1. The predicted molar refractivity (Wildman–Crippen MR) is 200 cm³/mol. The Labute approximate surface area is 287 Å². The molecule has 0 fully saturated rings. The minimum Gasteiger partial charge on any atom is -0.481 e. The Kier molecular flexibility index (Phi) is 37.0. The van der Waals surface area contributed by atoms with Gasteiger partial charge in [-0.3, -0.25) is 9.59 Å². The van der Waals surface area contributed by atoms with Gasteiger partial charge in [0.25, 0.3) is 0 Å². The molecule has 0 aromatic heterocycles. The fourth-order valence-electron chi connectivity index (χ4n) is 6.42. The van der Waals surface area contributed by atoms with Gasteiger partial charge in [0.05, 0.1) is 0 Å². The highest BCUT2D eigenvalue weighted by Crippen LogP contribution is 2.19. The Morgan fingerprint density at radius 3 is 1.17 bits per heavy atom. The zero-order valence-electron chi connectivity index (χ0n) is 31.2. The number of esters is 1. The maximum absolute atomic E-state index is 12.6. The van der Waals surface area contributed by atoms with E-state index >= 15 is 0 Å². The van der Waals surface area contributed by atoms with Crippen LogP contribution in [0.5, 0.6) is 0 Å². The van der Waals surface area contributed by atoms with Crippen LogP contribution >= 0.6 is 0 Å². The molecular weight excluding hydrogens is 568 g/mol. The number of carbonyl (C=O) groups excluding carboxylic acids is 1. The minimum atomic E-state index is -0.708. The number of allylic oxidation sites excluding steroid dienone is 2. The van der Waals surface area contributed by atoms with Gasteiger partial charge in [0.1, 0.15) is 6.10 Å². The molecule has 0 aromatic rings. The van der Waals surface area contributed by atoms with Crippen molar-refractivity contribution in [3.63, 3.8) is 0 Å². The van der Waals surface area contributed by atoms with Crippen molar-refractivity contribution in [2.75, 3.05) is 0 Å². The van der Waals surface area contributed by atoms with Crippen molar-refractivity contribution in [2.24, 2.45) is 0 Å². The predicted octanol–water partition coefficient (Wildman–Crippen LogP) is 14.2. The average molecular weight is 649 g/mol. The van der Waals surface area contributed by atoms with Crippen LogP contribution in [0.4, 0.5) is 0 Å². The molecule has 0 rings (SSSR count). The van der Waals surface area contributed by atoms with E-state index in [2.05, 4.69) is 26.0 Å². The van der Waals surface area contributed by atoms with Crippen LogP contribution in [0.3, 0.4) is 0 Å². The summed E-state index contributed by atoms with van der Waals surface area (Å²) < 4.78 is 5.96. The van der Waals surface area contributed by atoms with Gasteiger partial charge in [-0.15, -0.1) is 0 Å². The second kappa shape index (κ2) is 38.1. The lowest BCUT2D eigenvalue weighted by molar-refractivity contribution is -0.150. The molecule has 272 valence electrons. The molecule has 0 aliphatic carbocycles. The fourth-order valence-corrected chi connectivity index (χ4v) is 6.42. The molecule has 0 radical (unpaired) electrons. The highest BCUT2D eigenvalue weighted by atomic mass is 16.5. The van der Waals surface area contributed by atoms with Gasteiger partial charge in [-0.2, -0.15) is 0 Å². The number of rotatable bonds is 38. The fraction of sp³-hybridized carbons (Fsp3) is 0.905. The van der Waals surface area contributed by atoms with Gasteiger partial charge < -0.3 is 9.84 Å². The summed E-state index contributed by atoms with van der Waals surface area (Å²) in [7, 11) is 0. The molecule has 1 unspecified atom stereocenters. The highest BCUT2D eigenvalue weighted by molar-refractivity contribution is 5.69. The molecule has 1 atom stereocenters. The first-order valence-electron chi connectivity index (χ1n) is 20.7. The Hall–Kier alpha value is -1.32. The molecule has 0 heterocycles. The van der Waals surface area contributed by atoms with E-state index in [0.717, 1.165) is 57.8 Å². The van der Waals surface area contributed by atoms with Crippen molar-refractivity contribution in [1.82, 2.24) is 0 Å². The Morgan fingerprint density at radius 1 is 0.457 bits per heavy atom. The van der Waals surface area contributed by atoms with E-state index < -0.39 is 5.97 Å². The molecule has 0 bridgehead atoms. The molecule has 0 saturated heterocycles. The van der Waals surface area contributed by atoms with Crippen molar-refractivity contribution in [3.05, 3.63) is 12.2 Å². The second-order valence-electron chi connectivity index (χ2n) is 14.2. The lowest BCUT2D eigenvalue weighted by Crippen LogP contribution is -2.18. The van der Waals surface area contributed by atoms with Crippen molar-refractivity contribution in [3.8, 4) is 0 Å². The zero-order valence-corrected chi connectivity index (χ0v) is 31.2. The number of hydrogen-bond acceptors (Lipinski definition) is 3. The minimum absolute atomic E-state index is 0.0104. The van der Waals surface area contributed by atoms with Gasteiger partial charge in [0, 0.05) is 12.8 Å². The van der Waals surface area contributed by atoms with E-state index in [1.165, 1.54) is 154 Å². The summed E-state index contributed by atoms with van der Waals surface area (Å²) in [5, 5.41) is 8.83. The van der Waals surface area contributed by atoms with E-state index in [1.54, 1.807) is 0 Å². The third-order valence-corrected chi connectivity index (χ3v) is 9.49. The summed E-state index contributed by atoms with van der Waals surface area (Å²) in [6.07, 6.45) is 46.7.